The first-order chi connectivity index (χ1) is 9.47. The van der Waals surface area contributed by atoms with Crippen LogP contribution < -0.4 is 5.32 Å². The Morgan fingerprint density at radius 3 is 2.80 bits per heavy atom. The minimum atomic E-state index is -4.46. The molecule has 0 atom stereocenters. The molecule has 0 amide bonds. The highest BCUT2D eigenvalue weighted by molar-refractivity contribution is 5.41. The SMILES string of the molecule is Cc1cccc(-n2c(C(F)(F)F)nc3c2CCNC3)c1. The molecule has 1 aliphatic heterocycles. The zero-order chi connectivity index (χ0) is 14.3. The summed E-state index contributed by atoms with van der Waals surface area (Å²) in [6, 6.07) is 7.06. The van der Waals surface area contributed by atoms with Crippen LogP contribution >= 0.6 is 0 Å². The molecule has 0 unspecified atom stereocenters. The third kappa shape index (κ3) is 2.20. The van der Waals surface area contributed by atoms with E-state index in [4.69, 9.17) is 0 Å². The molecule has 0 saturated heterocycles. The quantitative estimate of drug-likeness (QED) is 0.871. The standard InChI is InChI=1S/C14H14F3N3/c1-9-3-2-4-10(7-9)20-12-5-6-18-8-11(12)19-13(20)14(15,16)17/h2-4,7,18H,5-6,8H2,1H3. The summed E-state index contributed by atoms with van der Waals surface area (Å²) in [6.45, 7) is 2.92. The summed E-state index contributed by atoms with van der Waals surface area (Å²) in [5.74, 6) is -0.836. The normalized spacial score (nSPS) is 15.2. The Balaban J connectivity index is 2.24. The van der Waals surface area contributed by atoms with Crippen LogP contribution in [-0.2, 0) is 19.1 Å². The van der Waals surface area contributed by atoms with Gasteiger partial charge in [0.2, 0.25) is 5.82 Å². The molecule has 106 valence electrons. The fourth-order valence-corrected chi connectivity index (χ4v) is 2.55. The van der Waals surface area contributed by atoms with Gasteiger partial charge in [-0.1, -0.05) is 12.1 Å². The van der Waals surface area contributed by atoms with Crippen molar-refractivity contribution in [1.82, 2.24) is 14.9 Å². The minimum Gasteiger partial charge on any atom is -0.311 e. The molecular weight excluding hydrogens is 267 g/mol. The molecule has 1 aromatic carbocycles. The van der Waals surface area contributed by atoms with Crippen LogP contribution in [0.5, 0.6) is 0 Å². The highest BCUT2D eigenvalue weighted by atomic mass is 19.4. The number of nitrogens with zero attached hydrogens (tertiary/aromatic N) is 2. The lowest BCUT2D eigenvalue weighted by molar-refractivity contribution is -0.146. The monoisotopic (exact) mass is 281 g/mol. The van der Waals surface area contributed by atoms with Gasteiger partial charge in [-0.25, -0.2) is 4.98 Å². The second-order valence-electron chi connectivity index (χ2n) is 4.93. The molecule has 1 aromatic heterocycles. The predicted octanol–water partition coefficient (Wildman–Crippen LogP) is 2.85. The van der Waals surface area contributed by atoms with Crippen molar-refractivity contribution in [3.05, 3.63) is 47.0 Å². The second-order valence-corrected chi connectivity index (χ2v) is 4.93. The Bertz CT molecular complexity index is 644. The first-order valence-corrected chi connectivity index (χ1v) is 6.42. The van der Waals surface area contributed by atoms with Gasteiger partial charge >= 0.3 is 6.18 Å². The Morgan fingerprint density at radius 2 is 2.10 bits per heavy atom. The fraction of sp³-hybridized carbons (Fsp3) is 0.357. The van der Waals surface area contributed by atoms with Crippen molar-refractivity contribution < 1.29 is 13.2 Å². The van der Waals surface area contributed by atoms with Gasteiger partial charge < -0.3 is 5.32 Å². The van der Waals surface area contributed by atoms with Gasteiger partial charge in [0.15, 0.2) is 0 Å². The topological polar surface area (TPSA) is 29.9 Å². The highest BCUT2D eigenvalue weighted by Crippen LogP contribution is 2.33. The van der Waals surface area contributed by atoms with Crippen LogP contribution in [0.4, 0.5) is 13.2 Å². The number of aryl methyl sites for hydroxylation is 1. The Kier molecular flexibility index (Phi) is 3.05. The first-order valence-electron chi connectivity index (χ1n) is 6.42. The summed E-state index contributed by atoms with van der Waals surface area (Å²) >= 11 is 0. The Labute approximate surface area is 114 Å². The van der Waals surface area contributed by atoms with E-state index in [9.17, 15) is 13.2 Å². The van der Waals surface area contributed by atoms with Crippen molar-refractivity contribution >= 4 is 0 Å². The molecule has 0 bridgehead atoms. The Morgan fingerprint density at radius 1 is 1.30 bits per heavy atom. The van der Waals surface area contributed by atoms with Crippen LogP contribution in [-0.4, -0.2) is 16.1 Å². The van der Waals surface area contributed by atoms with Gasteiger partial charge in [0.1, 0.15) is 0 Å². The van der Waals surface area contributed by atoms with E-state index in [0.717, 1.165) is 5.56 Å². The lowest BCUT2D eigenvalue weighted by Gasteiger charge is -2.17. The molecule has 0 spiro atoms. The lowest BCUT2D eigenvalue weighted by Crippen LogP contribution is -2.25. The number of benzene rings is 1. The van der Waals surface area contributed by atoms with Crippen molar-refractivity contribution in [2.24, 2.45) is 0 Å². The van der Waals surface area contributed by atoms with Crippen molar-refractivity contribution in [2.75, 3.05) is 6.54 Å². The van der Waals surface area contributed by atoms with Crippen molar-refractivity contribution in [3.8, 4) is 5.69 Å². The van der Waals surface area contributed by atoms with Gasteiger partial charge in [-0.15, -0.1) is 0 Å². The van der Waals surface area contributed by atoms with Gasteiger partial charge in [0, 0.05) is 30.9 Å². The largest absolute Gasteiger partial charge is 0.450 e. The summed E-state index contributed by atoms with van der Waals surface area (Å²) in [6.07, 6.45) is -3.91. The first kappa shape index (κ1) is 13.2. The molecule has 2 heterocycles. The number of hydrogen-bond acceptors (Lipinski definition) is 2. The molecule has 3 rings (SSSR count). The molecule has 6 heteroatoms. The van der Waals surface area contributed by atoms with Crippen molar-refractivity contribution in [2.45, 2.75) is 26.1 Å². The maximum Gasteiger partial charge on any atom is 0.450 e. The van der Waals surface area contributed by atoms with E-state index in [1.807, 2.05) is 13.0 Å². The van der Waals surface area contributed by atoms with E-state index in [0.29, 0.717) is 36.6 Å². The minimum absolute atomic E-state index is 0.386. The third-order valence-corrected chi connectivity index (χ3v) is 3.40. The number of imidazole rings is 1. The van der Waals surface area contributed by atoms with Gasteiger partial charge in [0.25, 0.3) is 0 Å². The molecule has 1 aliphatic rings. The van der Waals surface area contributed by atoms with Gasteiger partial charge in [0.05, 0.1) is 5.69 Å². The molecule has 0 fully saturated rings. The van der Waals surface area contributed by atoms with E-state index in [1.165, 1.54) is 4.57 Å². The summed E-state index contributed by atoms with van der Waals surface area (Å²) in [7, 11) is 0. The Hall–Kier alpha value is -1.82. The molecule has 0 radical (unpaired) electrons. The molecule has 2 aromatic rings. The average Bonchev–Trinajstić information content (AvgIpc) is 2.78. The van der Waals surface area contributed by atoms with E-state index >= 15 is 0 Å². The molecule has 3 nitrogen and oxygen atoms in total. The van der Waals surface area contributed by atoms with Gasteiger partial charge in [-0.2, -0.15) is 13.2 Å². The highest BCUT2D eigenvalue weighted by Gasteiger charge is 2.39. The molecule has 0 aliphatic carbocycles. The molecule has 0 saturated carbocycles. The number of rotatable bonds is 1. The summed E-state index contributed by atoms with van der Waals surface area (Å²) in [4.78, 5) is 3.80. The van der Waals surface area contributed by atoms with Gasteiger partial charge in [-0.05, 0) is 24.6 Å². The van der Waals surface area contributed by atoms with Crippen LogP contribution in [0, 0.1) is 6.92 Å². The number of hydrogen-bond donors (Lipinski definition) is 1. The maximum atomic E-state index is 13.2. The van der Waals surface area contributed by atoms with E-state index in [2.05, 4.69) is 10.3 Å². The number of fused-ring (bicyclic) bond motifs is 1. The predicted molar refractivity (Wildman–Crippen MR) is 68.7 cm³/mol. The molecule has 20 heavy (non-hydrogen) atoms. The molecule has 1 N–H and O–H groups in total. The number of alkyl halides is 3. The molecular formula is C14H14F3N3. The summed E-state index contributed by atoms with van der Waals surface area (Å²) in [5.41, 5.74) is 2.59. The smallest absolute Gasteiger partial charge is 0.311 e. The van der Waals surface area contributed by atoms with E-state index < -0.39 is 12.0 Å². The van der Waals surface area contributed by atoms with Crippen LogP contribution in [0.15, 0.2) is 24.3 Å². The number of nitrogens with one attached hydrogen (secondary N) is 1. The fourth-order valence-electron chi connectivity index (χ4n) is 2.55. The van der Waals surface area contributed by atoms with E-state index in [-0.39, 0.29) is 0 Å². The van der Waals surface area contributed by atoms with Crippen molar-refractivity contribution in [3.63, 3.8) is 0 Å². The zero-order valence-electron chi connectivity index (χ0n) is 11.0. The number of halogens is 3. The second kappa shape index (κ2) is 4.63. The van der Waals surface area contributed by atoms with Crippen LogP contribution in [0.3, 0.4) is 0 Å². The van der Waals surface area contributed by atoms with Crippen LogP contribution in [0.2, 0.25) is 0 Å². The summed E-state index contributed by atoms with van der Waals surface area (Å²) < 4.78 is 40.9. The average molecular weight is 281 g/mol. The number of aromatic nitrogens is 2. The third-order valence-electron chi connectivity index (χ3n) is 3.40. The lowest BCUT2D eigenvalue weighted by atomic mass is 10.1. The van der Waals surface area contributed by atoms with Crippen LogP contribution in [0.1, 0.15) is 22.8 Å². The van der Waals surface area contributed by atoms with Crippen molar-refractivity contribution in [1.29, 1.82) is 0 Å². The maximum absolute atomic E-state index is 13.2. The van der Waals surface area contributed by atoms with Gasteiger partial charge in [-0.3, -0.25) is 4.57 Å². The zero-order valence-corrected chi connectivity index (χ0v) is 11.0. The summed E-state index contributed by atoms with van der Waals surface area (Å²) in [5, 5.41) is 3.05. The van der Waals surface area contributed by atoms with E-state index in [1.54, 1.807) is 18.2 Å². The van der Waals surface area contributed by atoms with Crippen LogP contribution in [0.25, 0.3) is 5.69 Å².